The van der Waals surface area contributed by atoms with Gasteiger partial charge in [-0.15, -0.1) is 0 Å². The van der Waals surface area contributed by atoms with E-state index in [1.54, 1.807) is 18.3 Å². The Morgan fingerprint density at radius 3 is 3.13 bits per heavy atom. The molecular formula is C10H10N2O3. The molecule has 15 heavy (non-hydrogen) atoms. The molecule has 1 N–H and O–H groups in total. The molecule has 0 amide bonds. The van der Waals surface area contributed by atoms with Crippen LogP contribution in [0.2, 0.25) is 0 Å². The van der Waals surface area contributed by atoms with Crippen molar-refractivity contribution in [2.75, 3.05) is 6.61 Å². The molecule has 2 aromatic rings. The van der Waals surface area contributed by atoms with Crippen LogP contribution < -0.4 is 4.74 Å². The summed E-state index contributed by atoms with van der Waals surface area (Å²) < 4.78 is 6.83. The number of ether oxygens (including phenoxy) is 1. The Labute approximate surface area is 85.9 Å². The Kier molecular flexibility index (Phi) is 2.29. The highest BCUT2D eigenvalue weighted by molar-refractivity contribution is 5.87. The number of carboxylic acid groups (broad SMARTS) is 1. The van der Waals surface area contributed by atoms with Crippen LogP contribution in [0.15, 0.2) is 24.5 Å². The molecule has 0 fully saturated rings. The number of imidazole rings is 1. The molecule has 5 heteroatoms. The fourth-order valence-corrected chi connectivity index (χ4v) is 1.41. The van der Waals surface area contributed by atoms with Crippen molar-refractivity contribution < 1.29 is 14.6 Å². The average Bonchev–Trinajstić information content (AvgIpc) is 2.62. The van der Waals surface area contributed by atoms with E-state index in [4.69, 9.17) is 9.84 Å². The number of hydrogen-bond acceptors (Lipinski definition) is 3. The van der Waals surface area contributed by atoms with Crippen molar-refractivity contribution in [1.82, 2.24) is 9.38 Å². The molecule has 0 atom stereocenters. The number of fused-ring (bicyclic) bond motifs is 1. The Morgan fingerprint density at radius 1 is 1.67 bits per heavy atom. The number of carbonyl (C=O) groups is 1. The molecule has 2 heterocycles. The van der Waals surface area contributed by atoms with E-state index in [9.17, 15) is 4.79 Å². The monoisotopic (exact) mass is 206 g/mol. The summed E-state index contributed by atoms with van der Waals surface area (Å²) >= 11 is 0. The van der Waals surface area contributed by atoms with Crippen LogP contribution in [-0.4, -0.2) is 27.1 Å². The number of aromatic nitrogens is 2. The molecule has 5 nitrogen and oxygen atoms in total. The van der Waals surface area contributed by atoms with Crippen LogP contribution in [0.1, 0.15) is 17.4 Å². The molecule has 2 aromatic heterocycles. The normalized spacial score (nSPS) is 10.5. The lowest BCUT2D eigenvalue weighted by Gasteiger charge is -2.04. The van der Waals surface area contributed by atoms with Crippen molar-refractivity contribution in [2.45, 2.75) is 6.92 Å². The first-order chi connectivity index (χ1) is 7.24. The van der Waals surface area contributed by atoms with E-state index in [1.807, 2.05) is 6.92 Å². The van der Waals surface area contributed by atoms with Crippen molar-refractivity contribution in [3.63, 3.8) is 0 Å². The quantitative estimate of drug-likeness (QED) is 0.825. The lowest BCUT2D eigenvalue weighted by molar-refractivity contribution is 0.0689. The van der Waals surface area contributed by atoms with Gasteiger partial charge in [0.1, 0.15) is 0 Å². The van der Waals surface area contributed by atoms with Crippen molar-refractivity contribution >= 4 is 11.6 Å². The Morgan fingerprint density at radius 2 is 2.47 bits per heavy atom. The van der Waals surface area contributed by atoms with Crippen molar-refractivity contribution in [1.29, 1.82) is 0 Å². The molecule has 0 aliphatic carbocycles. The Balaban J connectivity index is 2.63. The van der Waals surface area contributed by atoms with Crippen molar-refractivity contribution in [3.05, 3.63) is 30.2 Å². The zero-order chi connectivity index (χ0) is 10.8. The minimum atomic E-state index is -1.00. The summed E-state index contributed by atoms with van der Waals surface area (Å²) in [5.41, 5.74) is 0.656. The third-order valence-electron chi connectivity index (χ3n) is 2.02. The fraction of sp³-hybridized carbons (Fsp3) is 0.200. The summed E-state index contributed by atoms with van der Waals surface area (Å²) in [5, 5.41) is 8.89. The second-order valence-corrected chi connectivity index (χ2v) is 2.95. The summed E-state index contributed by atoms with van der Waals surface area (Å²) in [7, 11) is 0. The molecule has 0 radical (unpaired) electrons. The van der Waals surface area contributed by atoms with Crippen LogP contribution in [0.4, 0.5) is 0 Å². The van der Waals surface area contributed by atoms with Crippen molar-refractivity contribution in [3.8, 4) is 5.75 Å². The maximum atomic E-state index is 10.8. The standard InChI is InChI=1S/C10H10N2O3/c1-2-15-8-4-3-5-12-7(10(13)14)6-11-9(8)12/h3-6H,2H2,1H3,(H,13,14). The van der Waals surface area contributed by atoms with Gasteiger partial charge in [-0.3, -0.25) is 4.40 Å². The lowest BCUT2D eigenvalue weighted by atomic mass is 10.4. The molecule has 0 aliphatic rings. The van der Waals surface area contributed by atoms with Gasteiger partial charge in [-0.05, 0) is 19.1 Å². The Hall–Kier alpha value is -2.04. The van der Waals surface area contributed by atoms with E-state index in [0.717, 1.165) is 0 Å². The summed E-state index contributed by atoms with van der Waals surface area (Å²) in [4.78, 5) is 14.9. The van der Waals surface area contributed by atoms with Crippen LogP contribution in [-0.2, 0) is 0 Å². The van der Waals surface area contributed by atoms with Gasteiger partial charge >= 0.3 is 5.97 Å². The summed E-state index contributed by atoms with van der Waals surface area (Å²) in [6, 6.07) is 3.49. The average molecular weight is 206 g/mol. The molecule has 0 saturated carbocycles. The topological polar surface area (TPSA) is 63.8 Å². The van der Waals surface area contributed by atoms with Gasteiger partial charge in [0.05, 0.1) is 12.8 Å². The van der Waals surface area contributed by atoms with Crippen LogP contribution in [0.5, 0.6) is 5.75 Å². The molecule has 0 aliphatic heterocycles. The second-order valence-electron chi connectivity index (χ2n) is 2.95. The second kappa shape index (κ2) is 3.61. The zero-order valence-corrected chi connectivity index (χ0v) is 8.17. The molecule has 78 valence electrons. The van der Waals surface area contributed by atoms with Crippen LogP contribution in [0.3, 0.4) is 0 Å². The maximum absolute atomic E-state index is 10.8. The van der Waals surface area contributed by atoms with Crippen molar-refractivity contribution in [2.24, 2.45) is 0 Å². The molecule has 0 bridgehead atoms. The zero-order valence-electron chi connectivity index (χ0n) is 8.17. The van der Waals surface area contributed by atoms with Gasteiger partial charge < -0.3 is 9.84 Å². The SMILES string of the molecule is CCOc1cccn2c(C(=O)O)cnc12. The summed E-state index contributed by atoms with van der Waals surface area (Å²) in [5.74, 6) is -0.413. The smallest absolute Gasteiger partial charge is 0.354 e. The molecule has 0 aromatic carbocycles. The first-order valence-electron chi connectivity index (χ1n) is 4.56. The third kappa shape index (κ3) is 1.52. The van der Waals surface area contributed by atoms with E-state index >= 15 is 0 Å². The van der Waals surface area contributed by atoms with Crippen LogP contribution in [0, 0.1) is 0 Å². The molecule has 0 unspecified atom stereocenters. The van der Waals surface area contributed by atoms with Gasteiger partial charge in [-0.2, -0.15) is 0 Å². The summed E-state index contributed by atoms with van der Waals surface area (Å²) in [6.45, 7) is 2.39. The van der Waals surface area contributed by atoms with Crippen LogP contribution in [0.25, 0.3) is 5.65 Å². The molecule has 2 rings (SSSR count). The van der Waals surface area contributed by atoms with E-state index in [-0.39, 0.29) is 5.69 Å². The number of pyridine rings is 1. The molecular weight excluding hydrogens is 196 g/mol. The van der Waals surface area contributed by atoms with E-state index in [2.05, 4.69) is 4.98 Å². The van der Waals surface area contributed by atoms with E-state index < -0.39 is 5.97 Å². The predicted octanol–water partition coefficient (Wildman–Crippen LogP) is 1.43. The minimum Gasteiger partial charge on any atom is -0.490 e. The van der Waals surface area contributed by atoms with Gasteiger partial charge in [0.25, 0.3) is 0 Å². The predicted molar refractivity (Wildman–Crippen MR) is 53.3 cm³/mol. The van der Waals surface area contributed by atoms with Gasteiger partial charge in [0, 0.05) is 6.20 Å². The lowest BCUT2D eigenvalue weighted by Crippen LogP contribution is -2.02. The maximum Gasteiger partial charge on any atom is 0.354 e. The Bertz CT molecular complexity index is 504. The highest BCUT2D eigenvalue weighted by Gasteiger charge is 2.12. The van der Waals surface area contributed by atoms with Gasteiger partial charge in [0.2, 0.25) is 0 Å². The van der Waals surface area contributed by atoms with Gasteiger partial charge in [-0.25, -0.2) is 9.78 Å². The van der Waals surface area contributed by atoms with Gasteiger partial charge in [0.15, 0.2) is 17.1 Å². The minimum absolute atomic E-state index is 0.131. The van der Waals surface area contributed by atoms with Gasteiger partial charge in [-0.1, -0.05) is 0 Å². The van der Waals surface area contributed by atoms with E-state index in [0.29, 0.717) is 18.0 Å². The fourth-order valence-electron chi connectivity index (χ4n) is 1.41. The number of nitrogens with zero attached hydrogens (tertiary/aromatic N) is 2. The van der Waals surface area contributed by atoms with Crippen LogP contribution >= 0.6 is 0 Å². The molecule has 0 spiro atoms. The third-order valence-corrected chi connectivity index (χ3v) is 2.02. The first-order valence-corrected chi connectivity index (χ1v) is 4.56. The number of carboxylic acids is 1. The number of aromatic carboxylic acids is 1. The largest absolute Gasteiger partial charge is 0.490 e. The summed E-state index contributed by atoms with van der Waals surface area (Å²) in [6.07, 6.45) is 2.97. The highest BCUT2D eigenvalue weighted by atomic mass is 16.5. The first kappa shape index (κ1) is 9.51. The highest BCUT2D eigenvalue weighted by Crippen LogP contribution is 2.19. The number of rotatable bonds is 3. The van der Waals surface area contributed by atoms with E-state index in [1.165, 1.54) is 10.6 Å². The molecule has 0 saturated heterocycles. The number of hydrogen-bond donors (Lipinski definition) is 1.